The van der Waals surface area contributed by atoms with E-state index in [2.05, 4.69) is 91.0 Å². The Morgan fingerprint density at radius 2 is 1.13 bits per heavy atom. The van der Waals surface area contributed by atoms with Gasteiger partial charge in [-0.3, -0.25) is 0 Å². The normalized spacial score (nSPS) is 12.1. The Bertz CT molecular complexity index is 1230. The van der Waals surface area contributed by atoms with E-state index in [-0.39, 0.29) is 0 Å². The summed E-state index contributed by atoms with van der Waals surface area (Å²) in [7, 11) is 0. The predicted octanol–water partition coefficient (Wildman–Crippen LogP) is 6.96. The molecule has 23 heavy (non-hydrogen) atoms. The molecule has 110 valence electrons. The summed E-state index contributed by atoms with van der Waals surface area (Å²) in [5, 5.41) is 11.1. The van der Waals surface area contributed by atoms with E-state index >= 15 is 0 Å². The van der Waals surface area contributed by atoms with Crippen molar-refractivity contribution in [2.45, 2.75) is 13.8 Å². The van der Waals surface area contributed by atoms with Crippen LogP contribution in [0.2, 0.25) is 0 Å². The van der Waals surface area contributed by atoms with Crippen molar-refractivity contribution < 1.29 is 0 Å². The average Bonchev–Trinajstić information content (AvgIpc) is 2.59. The Labute approximate surface area is 148 Å². The zero-order chi connectivity index (χ0) is 15.7. The second kappa shape index (κ2) is 4.57. The highest BCUT2D eigenvalue weighted by Gasteiger charge is 2.17. The molecule has 0 aliphatic carbocycles. The molecule has 0 spiro atoms. The molecule has 5 aromatic rings. The SMILES string of the molecule is Cc1c(C)c2cccc3c4cccc5cccc(c(c1I)c23)c54. The van der Waals surface area contributed by atoms with E-state index in [0.29, 0.717) is 0 Å². The van der Waals surface area contributed by atoms with Gasteiger partial charge in [0.25, 0.3) is 0 Å². The van der Waals surface area contributed by atoms with Gasteiger partial charge in [0, 0.05) is 8.96 Å². The van der Waals surface area contributed by atoms with Gasteiger partial charge in [-0.25, -0.2) is 0 Å². The highest BCUT2D eigenvalue weighted by Crippen LogP contribution is 2.43. The lowest BCUT2D eigenvalue weighted by Crippen LogP contribution is -1.94. The number of aryl methyl sites for hydroxylation is 1. The van der Waals surface area contributed by atoms with E-state index in [9.17, 15) is 0 Å². The van der Waals surface area contributed by atoms with Crippen LogP contribution in [-0.2, 0) is 0 Å². The maximum atomic E-state index is 2.54. The van der Waals surface area contributed by atoms with Crippen molar-refractivity contribution in [3.8, 4) is 0 Å². The summed E-state index contributed by atoms with van der Waals surface area (Å²) >= 11 is 2.54. The summed E-state index contributed by atoms with van der Waals surface area (Å²) in [6.45, 7) is 4.50. The average molecular weight is 406 g/mol. The van der Waals surface area contributed by atoms with Gasteiger partial charge in [-0.15, -0.1) is 0 Å². The molecule has 0 saturated heterocycles. The minimum atomic E-state index is 1.33. The van der Waals surface area contributed by atoms with Crippen LogP contribution in [0.5, 0.6) is 0 Å². The second-order valence-corrected chi connectivity index (χ2v) is 7.46. The van der Waals surface area contributed by atoms with E-state index in [1.165, 1.54) is 57.8 Å². The van der Waals surface area contributed by atoms with E-state index in [1.807, 2.05) is 0 Å². The first-order valence-electron chi connectivity index (χ1n) is 7.92. The summed E-state index contributed by atoms with van der Waals surface area (Å²) in [6.07, 6.45) is 0. The van der Waals surface area contributed by atoms with Gasteiger partial charge in [-0.1, -0.05) is 54.6 Å². The molecule has 0 N–H and O–H groups in total. The second-order valence-electron chi connectivity index (χ2n) is 6.38. The van der Waals surface area contributed by atoms with Gasteiger partial charge in [0.05, 0.1) is 0 Å². The number of hydrogen-bond acceptors (Lipinski definition) is 0. The van der Waals surface area contributed by atoms with Crippen LogP contribution in [0.15, 0.2) is 54.6 Å². The first kappa shape index (κ1) is 13.6. The number of halogens is 1. The molecule has 0 unspecified atom stereocenters. The third-order valence-corrected chi connectivity index (χ3v) is 6.64. The van der Waals surface area contributed by atoms with Crippen molar-refractivity contribution >= 4 is 65.7 Å². The molecule has 0 amide bonds. The van der Waals surface area contributed by atoms with Crippen molar-refractivity contribution in [3.63, 3.8) is 0 Å². The molecular weight excluding hydrogens is 391 g/mol. The van der Waals surface area contributed by atoms with Crippen LogP contribution in [0, 0.1) is 17.4 Å². The number of hydrogen-bond donors (Lipinski definition) is 0. The summed E-state index contributed by atoms with van der Waals surface area (Å²) in [6, 6.07) is 20.1. The van der Waals surface area contributed by atoms with Crippen molar-refractivity contribution in [2.75, 3.05) is 0 Å². The van der Waals surface area contributed by atoms with Crippen molar-refractivity contribution in [1.82, 2.24) is 0 Å². The lowest BCUT2D eigenvalue weighted by molar-refractivity contribution is 1.37. The quantitative estimate of drug-likeness (QED) is 0.148. The Morgan fingerprint density at radius 3 is 1.87 bits per heavy atom. The van der Waals surface area contributed by atoms with Crippen molar-refractivity contribution in [1.29, 1.82) is 0 Å². The zero-order valence-corrected chi connectivity index (χ0v) is 15.2. The third kappa shape index (κ3) is 1.61. The minimum Gasteiger partial charge on any atom is -0.0610 e. The minimum absolute atomic E-state index is 1.33. The largest absolute Gasteiger partial charge is 0.0610 e. The van der Waals surface area contributed by atoms with Gasteiger partial charge in [-0.05, 0) is 85.3 Å². The fourth-order valence-electron chi connectivity index (χ4n) is 4.05. The Balaban J connectivity index is 2.32. The first-order chi connectivity index (χ1) is 11.2. The molecular formula is C22H15I. The van der Waals surface area contributed by atoms with E-state index in [1.54, 1.807) is 0 Å². The van der Waals surface area contributed by atoms with E-state index in [0.717, 1.165) is 0 Å². The molecule has 0 aliphatic rings. The maximum absolute atomic E-state index is 2.54. The molecule has 0 saturated carbocycles. The zero-order valence-electron chi connectivity index (χ0n) is 13.1. The van der Waals surface area contributed by atoms with Gasteiger partial charge in [0.2, 0.25) is 0 Å². The summed E-state index contributed by atoms with van der Waals surface area (Å²) < 4.78 is 1.39. The molecule has 0 fully saturated rings. The number of benzene rings is 5. The molecule has 0 bridgehead atoms. The fraction of sp³-hybridized carbons (Fsp3) is 0.0909. The fourth-order valence-corrected chi connectivity index (χ4v) is 5.01. The van der Waals surface area contributed by atoms with E-state index < -0.39 is 0 Å². The molecule has 0 aromatic heterocycles. The molecule has 5 aromatic carbocycles. The van der Waals surface area contributed by atoms with E-state index in [4.69, 9.17) is 0 Å². The van der Waals surface area contributed by atoms with Gasteiger partial charge >= 0.3 is 0 Å². The van der Waals surface area contributed by atoms with Crippen LogP contribution in [0.3, 0.4) is 0 Å². The van der Waals surface area contributed by atoms with Crippen LogP contribution in [-0.4, -0.2) is 0 Å². The van der Waals surface area contributed by atoms with Crippen LogP contribution < -0.4 is 0 Å². The van der Waals surface area contributed by atoms with Crippen LogP contribution in [0.25, 0.3) is 43.1 Å². The molecule has 0 atom stereocenters. The highest BCUT2D eigenvalue weighted by atomic mass is 127. The summed E-state index contributed by atoms with van der Waals surface area (Å²) in [5.74, 6) is 0. The Morgan fingerprint density at radius 1 is 0.565 bits per heavy atom. The molecule has 5 rings (SSSR count). The molecule has 1 heteroatoms. The topological polar surface area (TPSA) is 0 Å². The molecule has 0 aliphatic heterocycles. The number of fused-ring (bicyclic) bond motifs is 2. The standard InChI is InChI=1S/C22H15I/c1-12-13(2)22(23)21-18-11-4-7-14-6-3-9-16(19(14)18)17-10-5-8-15(12)20(17)21/h3-11H,1-2H3. The summed E-state index contributed by atoms with van der Waals surface area (Å²) in [4.78, 5) is 0. The highest BCUT2D eigenvalue weighted by molar-refractivity contribution is 14.1. The lowest BCUT2D eigenvalue weighted by atomic mass is 9.87. The van der Waals surface area contributed by atoms with Crippen LogP contribution >= 0.6 is 22.6 Å². The Hall–Kier alpha value is -1.87. The Kier molecular flexibility index (Phi) is 2.70. The molecule has 0 nitrogen and oxygen atoms in total. The monoisotopic (exact) mass is 406 g/mol. The van der Waals surface area contributed by atoms with Gasteiger partial charge < -0.3 is 0 Å². The lowest BCUT2D eigenvalue weighted by Gasteiger charge is -2.18. The smallest absolute Gasteiger partial charge is 0.0247 e. The molecule has 0 radical (unpaired) electrons. The van der Waals surface area contributed by atoms with Crippen molar-refractivity contribution in [3.05, 3.63) is 69.3 Å². The molecule has 0 heterocycles. The maximum Gasteiger partial charge on any atom is 0.0247 e. The van der Waals surface area contributed by atoms with Gasteiger partial charge in [0.1, 0.15) is 0 Å². The van der Waals surface area contributed by atoms with Gasteiger partial charge in [-0.2, -0.15) is 0 Å². The van der Waals surface area contributed by atoms with Crippen LogP contribution in [0.4, 0.5) is 0 Å². The first-order valence-corrected chi connectivity index (χ1v) is 9.00. The summed E-state index contributed by atoms with van der Waals surface area (Å²) in [5.41, 5.74) is 2.81. The number of rotatable bonds is 0. The third-order valence-electron chi connectivity index (χ3n) is 5.29. The van der Waals surface area contributed by atoms with Crippen LogP contribution in [0.1, 0.15) is 11.1 Å². The van der Waals surface area contributed by atoms with Gasteiger partial charge in [0.15, 0.2) is 0 Å². The van der Waals surface area contributed by atoms with Crippen molar-refractivity contribution in [2.24, 2.45) is 0 Å². The predicted molar refractivity (Wildman–Crippen MR) is 110 cm³/mol.